The van der Waals surface area contributed by atoms with Gasteiger partial charge in [0.25, 0.3) is 0 Å². The van der Waals surface area contributed by atoms with E-state index >= 15 is 0 Å². The Morgan fingerprint density at radius 1 is 0.917 bits per heavy atom. The van der Waals surface area contributed by atoms with Crippen molar-refractivity contribution >= 4 is 8.24 Å². The fourth-order valence-electron chi connectivity index (χ4n) is 6.38. The Bertz CT molecular complexity index is 486. The van der Waals surface area contributed by atoms with E-state index in [0.717, 1.165) is 29.2 Å². The first-order valence-electron chi connectivity index (χ1n) is 10.5. The third-order valence-electron chi connectivity index (χ3n) is 7.80. The highest BCUT2D eigenvalue weighted by atomic mass is 28.3. The summed E-state index contributed by atoms with van der Waals surface area (Å²) in [6, 6.07) is 0. The normalized spacial score (nSPS) is 38.4. The summed E-state index contributed by atoms with van der Waals surface area (Å²) < 4.78 is 2.92. The molecule has 3 fully saturated rings. The van der Waals surface area contributed by atoms with Crippen LogP contribution in [0.5, 0.6) is 0 Å². The van der Waals surface area contributed by atoms with Gasteiger partial charge >= 0.3 is 0 Å². The van der Waals surface area contributed by atoms with Crippen molar-refractivity contribution in [3.63, 3.8) is 0 Å². The molecule has 3 aliphatic carbocycles. The summed E-state index contributed by atoms with van der Waals surface area (Å²) in [5, 5.41) is 3.55. The first-order valence-corrected chi connectivity index (χ1v) is 13.5. The molecule has 24 heavy (non-hydrogen) atoms. The topological polar surface area (TPSA) is 15.3 Å². The predicted molar refractivity (Wildman–Crippen MR) is 106 cm³/mol. The van der Waals surface area contributed by atoms with E-state index in [1.165, 1.54) is 64.7 Å². The van der Waals surface area contributed by atoms with Crippen LogP contribution in [0.15, 0.2) is 24.3 Å². The van der Waals surface area contributed by atoms with Crippen LogP contribution in [-0.2, 0) is 0 Å². The summed E-state index contributed by atoms with van der Waals surface area (Å²) in [5.74, 6) is 3.66. The zero-order valence-corrected chi connectivity index (χ0v) is 16.7. The number of allylic oxidation sites excluding steroid dienone is 4. The van der Waals surface area contributed by atoms with Gasteiger partial charge in [0.2, 0.25) is 0 Å². The van der Waals surface area contributed by atoms with Crippen molar-refractivity contribution < 1.29 is 0 Å². The maximum atomic E-state index is 3.55. The lowest BCUT2D eigenvalue weighted by molar-refractivity contribution is 0.216. The quantitative estimate of drug-likeness (QED) is 0.762. The zero-order chi connectivity index (χ0) is 16.6. The molecule has 1 heterocycles. The van der Waals surface area contributed by atoms with Gasteiger partial charge in [-0.25, -0.2) is 0 Å². The van der Waals surface area contributed by atoms with Crippen LogP contribution in [0.1, 0.15) is 38.5 Å². The first-order chi connectivity index (χ1) is 11.7. The number of nitrogens with one attached hydrogen (secondary N) is 1. The second kappa shape index (κ2) is 7.09. The SMILES string of the molecule is C[Si](C)(C1C[C@H](C2CCCCC2)C2C=CC=CC21)N1CCNCC1. The predicted octanol–water partition coefficient (Wildman–Crippen LogP) is 4.43. The van der Waals surface area contributed by atoms with Crippen LogP contribution in [-0.4, -0.2) is 39.0 Å². The van der Waals surface area contributed by atoms with E-state index in [-0.39, 0.29) is 0 Å². The highest BCUT2D eigenvalue weighted by molar-refractivity contribution is 6.76. The van der Waals surface area contributed by atoms with E-state index in [9.17, 15) is 0 Å². The minimum atomic E-state index is -1.37. The van der Waals surface area contributed by atoms with Gasteiger partial charge < -0.3 is 9.88 Å². The summed E-state index contributed by atoms with van der Waals surface area (Å²) in [7, 11) is -1.37. The Morgan fingerprint density at radius 2 is 1.58 bits per heavy atom. The molecule has 0 bridgehead atoms. The van der Waals surface area contributed by atoms with Crippen molar-refractivity contribution in [1.29, 1.82) is 0 Å². The average molecular weight is 345 g/mol. The Kier molecular flexibility index (Phi) is 5.04. The third-order valence-corrected chi connectivity index (χ3v) is 12.3. The van der Waals surface area contributed by atoms with Crippen LogP contribution < -0.4 is 5.32 Å². The molecule has 1 aliphatic heterocycles. The summed E-state index contributed by atoms with van der Waals surface area (Å²) in [4.78, 5) is 0. The van der Waals surface area contributed by atoms with Crippen molar-refractivity contribution in [2.24, 2.45) is 23.7 Å². The second-order valence-corrected chi connectivity index (χ2v) is 13.9. The van der Waals surface area contributed by atoms with E-state index in [2.05, 4.69) is 47.3 Å². The molecule has 0 aromatic carbocycles. The fraction of sp³-hybridized carbons (Fsp3) is 0.810. The summed E-state index contributed by atoms with van der Waals surface area (Å²) >= 11 is 0. The molecule has 4 atom stereocenters. The maximum Gasteiger partial charge on any atom is 0.126 e. The van der Waals surface area contributed by atoms with Gasteiger partial charge in [-0.05, 0) is 35.6 Å². The van der Waals surface area contributed by atoms with Gasteiger partial charge in [-0.3, -0.25) is 0 Å². The van der Waals surface area contributed by atoms with E-state index in [1.807, 2.05) is 0 Å². The number of fused-ring (bicyclic) bond motifs is 1. The summed E-state index contributed by atoms with van der Waals surface area (Å²) in [6.45, 7) is 10.3. The molecule has 0 spiro atoms. The molecule has 4 rings (SSSR count). The highest BCUT2D eigenvalue weighted by Gasteiger charge is 2.52. The van der Waals surface area contributed by atoms with Gasteiger partial charge in [0.05, 0.1) is 0 Å². The van der Waals surface area contributed by atoms with Crippen molar-refractivity contribution in [3.05, 3.63) is 24.3 Å². The standard InChI is InChI=1S/C21H36N2Si/c1-24(2,23-14-12-22-13-15-23)21-16-20(17-8-4-3-5-9-17)18-10-6-7-11-19(18)21/h6-7,10-11,17-22H,3-5,8-9,12-16H2,1-2H3/t18?,19?,20-,21?/m1/s1. The van der Waals surface area contributed by atoms with Crippen LogP contribution in [0.25, 0.3) is 0 Å². The van der Waals surface area contributed by atoms with Crippen LogP contribution in [0.2, 0.25) is 18.6 Å². The molecule has 3 unspecified atom stereocenters. The van der Waals surface area contributed by atoms with Gasteiger partial charge in [-0.2, -0.15) is 0 Å². The maximum absolute atomic E-state index is 3.55. The molecule has 1 saturated heterocycles. The van der Waals surface area contributed by atoms with Crippen LogP contribution >= 0.6 is 0 Å². The smallest absolute Gasteiger partial charge is 0.126 e. The van der Waals surface area contributed by atoms with Gasteiger partial charge in [0.15, 0.2) is 0 Å². The fourth-order valence-corrected chi connectivity index (χ4v) is 10.4. The van der Waals surface area contributed by atoms with E-state index in [4.69, 9.17) is 0 Å². The van der Waals surface area contributed by atoms with Crippen molar-refractivity contribution in [2.45, 2.75) is 57.2 Å². The Hall–Kier alpha value is -0.383. The molecule has 4 aliphatic rings. The van der Waals surface area contributed by atoms with Crippen LogP contribution in [0.4, 0.5) is 0 Å². The van der Waals surface area contributed by atoms with Crippen LogP contribution in [0, 0.1) is 23.7 Å². The lowest BCUT2D eigenvalue weighted by atomic mass is 9.73. The molecule has 0 amide bonds. The first kappa shape index (κ1) is 17.1. The molecule has 1 N–H and O–H groups in total. The van der Waals surface area contributed by atoms with Gasteiger partial charge in [-0.15, -0.1) is 0 Å². The molecule has 2 nitrogen and oxygen atoms in total. The lowest BCUT2D eigenvalue weighted by Crippen LogP contribution is -2.59. The Labute approximate surface area is 149 Å². The van der Waals surface area contributed by atoms with Crippen molar-refractivity contribution in [3.8, 4) is 0 Å². The summed E-state index contributed by atoms with van der Waals surface area (Å²) in [6.07, 6.45) is 18.9. The van der Waals surface area contributed by atoms with Gasteiger partial charge in [0.1, 0.15) is 8.24 Å². The van der Waals surface area contributed by atoms with E-state index in [0.29, 0.717) is 0 Å². The number of hydrogen-bond donors (Lipinski definition) is 1. The highest BCUT2D eigenvalue weighted by Crippen LogP contribution is 2.56. The van der Waals surface area contributed by atoms with Crippen molar-refractivity contribution in [2.75, 3.05) is 26.2 Å². The second-order valence-electron chi connectivity index (χ2n) is 9.22. The minimum Gasteiger partial charge on any atom is -0.321 e. The molecule has 3 heteroatoms. The lowest BCUT2D eigenvalue weighted by Gasteiger charge is -2.45. The van der Waals surface area contributed by atoms with Crippen molar-refractivity contribution in [1.82, 2.24) is 9.88 Å². The average Bonchev–Trinajstić information content (AvgIpc) is 3.04. The number of hydrogen-bond acceptors (Lipinski definition) is 2. The minimum absolute atomic E-state index is 0.832. The summed E-state index contributed by atoms with van der Waals surface area (Å²) in [5.41, 5.74) is 0.953. The number of rotatable bonds is 3. The molecular formula is C21H36N2Si. The largest absolute Gasteiger partial charge is 0.321 e. The monoisotopic (exact) mass is 344 g/mol. The molecular weight excluding hydrogens is 308 g/mol. The third kappa shape index (κ3) is 3.08. The Balaban J connectivity index is 1.56. The van der Waals surface area contributed by atoms with E-state index < -0.39 is 8.24 Å². The van der Waals surface area contributed by atoms with Gasteiger partial charge in [-0.1, -0.05) is 69.5 Å². The van der Waals surface area contributed by atoms with E-state index in [1.54, 1.807) is 0 Å². The molecule has 2 saturated carbocycles. The molecule has 0 aromatic heterocycles. The Morgan fingerprint density at radius 3 is 2.29 bits per heavy atom. The molecule has 134 valence electrons. The number of piperazine rings is 1. The molecule has 0 radical (unpaired) electrons. The zero-order valence-electron chi connectivity index (χ0n) is 15.7. The van der Waals surface area contributed by atoms with Gasteiger partial charge in [0, 0.05) is 26.2 Å². The molecule has 0 aromatic rings. The number of nitrogens with zero attached hydrogens (tertiary/aromatic N) is 1. The van der Waals surface area contributed by atoms with Crippen LogP contribution in [0.3, 0.4) is 0 Å².